The Hall–Kier alpha value is -4.59. The molecule has 1 amide bonds. The van der Waals surface area contributed by atoms with Gasteiger partial charge in [0.1, 0.15) is 5.82 Å². The average Bonchev–Trinajstić information content (AvgIpc) is 3.69. The normalized spacial score (nSPS) is 20.0. The fourth-order valence-electron chi connectivity index (χ4n) is 5.45. The number of aromatic nitrogens is 5. The number of halogens is 5. The number of carbonyl (C=O) groups is 2. The van der Waals surface area contributed by atoms with E-state index in [9.17, 15) is 32.3 Å². The second-order valence-corrected chi connectivity index (χ2v) is 10.3. The number of aliphatic imine (C=N–C) groups is 1. The van der Waals surface area contributed by atoms with Gasteiger partial charge in [-0.15, -0.1) is 5.10 Å². The minimum atomic E-state index is -4.68. The molecule has 224 valence electrons. The standard InChI is InChI=1S/C28H24ClF4N7O3/c1-3-17(24(30)25(34-2)27(42)43)19-12-35-26(36-19)21-9-7-16-6-4-14(10-23(41)40(16)21)18-11-15(29)5-8-20(18)39-13-22(37-38-39)28(31,32)33/h3,5,8,10-13,16,21H,1,4,6-7,9H2,2H3,(H,35,36)(H,42,43)/b24-17-,34-25+/t16-,21-/m0/s1. The highest BCUT2D eigenvalue weighted by Crippen LogP contribution is 2.42. The van der Waals surface area contributed by atoms with Crippen LogP contribution in [0, 0.1) is 0 Å². The highest BCUT2D eigenvalue weighted by molar-refractivity contribution is 6.43. The fourth-order valence-corrected chi connectivity index (χ4v) is 5.62. The van der Waals surface area contributed by atoms with Gasteiger partial charge in [0.15, 0.2) is 17.2 Å². The van der Waals surface area contributed by atoms with Gasteiger partial charge < -0.3 is 15.0 Å². The Kier molecular flexibility index (Phi) is 8.06. The number of allylic oxidation sites excluding steroid dienone is 3. The summed E-state index contributed by atoms with van der Waals surface area (Å²) in [5.41, 5.74) is -0.607. The van der Waals surface area contributed by atoms with Crippen molar-refractivity contribution < 1.29 is 32.3 Å². The Morgan fingerprint density at radius 1 is 1.28 bits per heavy atom. The van der Waals surface area contributed by atoms with E-state index in [0.29, 0.717) is 47.7 Å². The van der Waals surface area contributed by atoms with Crippen molar-refractivity contribution in [3.05, 3.63) is 82.9 Å². The lowest BCUT2D eigenvalue weighted by molar-refractivity contribution is -0.141. The van der Waals surface area contributed by atoms with Gasteiger partial charge in [-0.1, -0.05) is 29.5 Å². The number of imidazole rings is 1. The van der Waals surface area contributed by atoms with E-state index in [1.165, 1.54) is 24.4 Å². The van der Waals surface area contributed by atoms with Crippen LogP contribution >= 0.6 is 11.6 Å². The van der Waals surface area contributed by atoms with E-state index in [4.69, 9.17) is 11.6 Å². The minimum Gasteiger partial charge on any atom is -0.476 e. The van der Waals surface area contributed by atoms with Gasteiger partial charge in [-0.25, -0.2) is 18.9 Å². The number of carboxylic acid groups (broad SMARTS) is 1. The number of aliphatic carboxylic acids is 1. The summed E-state index contributed by atoms with van der Waals surface area (Å²) in [4.78, 5) is 37.6. The van der Waals surface area contributed by atoms with Crippen LogP contribution in [0.15, 0.2) is 60.1 Å². The molecule has 15 heteroatoms. The van der Waals surface area contributed by atoms with Crippen LogP contribution in [0.25, 0.3) is 16.8 Å². The molecule has 0 bridgehead atoms. The van der Waals surface area contributed by atoms with Gasteiger partial charge in [-0.05, 0) is 49.5 Å². The number of hydrogen-bond donors (Lipinski definition) is 2. The zero-order chi connectivity index (χ0) is 31.1. The van der Waals surface area contributed by atoms with Crippen LogP contribution in [0.5, 0.6) is 0 Å². The SMILES string of the molecule is C=C/C(=C(F)\C(=N/C)C(=O)O)c1cnc([C@@H]2CC[C@@H]3CCC(c4cc(Cl)ccc4-n4cc(C(F)(F)F)nn4)=CC(=O)N32)[nH]1. The van der Waals surface area contributed by atoms with Crippen LogP contribution in [0.3, 0.4) is 0 Å². The number of hydrogen-bond acceptors (Lipinski definition) is 6. The third kappa shape index (κ3) is 5.74. The molecule has 2 aliphatic rings. The topological polar surface area (TPSA) is 129 Å². The summed E-state index contributed by atoms with van der Waals surface area (Å²) in [5.74, 6) is -2.58. The first-order valence-electron chi connectivity index (χ1n) is 13.0. The predicted octanol–water partition coefficient (Wildman–Crippen LogP) is 5.59. The maximum Gasteiger partial charge on any atom is 0.436 e. The molecule has 2 N–H and O–H groups in total. The molecule has 1 saturated heterocycles. The molecule has 0 saturated carbocycles. The molecule has 3 aromatic rings. The molecule has 2 atom stereocenters. The molecule has 0 spiro atoms. The van der Waals surface area contributed by atoms with Gasteiger partial charge in [-0.2, -0.15) is 13.2 Å². The summed E-state index contributed by atoms with van der Waals surface area (Å²) in [7, 11) is 1.16. The van der Waals surface area contributed by atoms with Crippen molar-refractivity contribution in [1.82, 2.24) is 29.9 Å². The summed E-state index contributed by atoms with van der Waals surface area (Å²) >= 11 is 6.25. The highest BCUT2D eigenvalue weighted by Gasteiger charge is 2.40. The second-order valence-electron chi connectivity index (χ2n) is 9.90. The summed E-state index contributed by atoms with van der Waals surface area (Å²) in [6.45, 7) is 3.58. The van der Waals surface area contributed by atoms with Crippen molar-refractivity contribution >= 4 is 40.3 Å². The van der Waals surface area contributed by atoms with Gasteiger partial charge in [-0.3, -0.25) is 9.79 Å². The molecule has 0 aliphatic carbocycles. The smallest absolute Gasteiger partial charge is 0.436 e. The molecule has 2 aliphatic heterocycles. The molecular weight excluding hydrogens is 594 g/mol. The quantitative estimate of drug-likeness (QED) is 0.202. The molecule has 1 aromatic carbocycles. The third-order valence-corrected chi connectivity index (χ3v) is 7.65. The van der Waals surface area contributed by atoms with Crippen molar-refractivity contribution in [1.29, 1.82) is 0 Å². The van der Waals surface area contributed by atoms with E-state index in [2.05, 4.69) is 31.9 Å². The number of rotatable bonds is 7. The van der Waals surface area contributed by atoms with E-state index in [1.54, 1.807) is 11.0 Å². The molecule has 0 radical (unpaired) electrons. The van der Waals surface area contributed by atoms with Crippen LogP contribution in [0.1, 0.15) is 54.5 Å². The van der Waals surface area contributed by atoms with E-state index in [1.807, 2.05) is 0 Å². The maximum atomic E-state index is 15.0. The van der Waals surface area contributed by atoms with Crippen LogP contribution in [0.2, 0.25) is 5.02 Å². The molecular formula is C28H24ClF4N7O3. The lowest BCUT2D eigenvalue weighted by Gasteiger charge is -2.27. The lowest BCUT2D eigenvalue weighted by atomic mass is 9.97. The molecule has 10 nitrogen and oxygen atoms in total. The summed E-state index contributed by atoms with van der Waals surface area (Å²) < 4.78 is 55.5. The van der Waals surface area contributed by atoms with Crippen LogP contribution in [0.4, 0.5) is 17.6 Å². The van der Waals surface area contributed by atoms with Crippen molar-refractivity contribution in [3.8, 4) is 5.69 Å². The van der Waals surface area contributed by atoms with E-state index in [0.717, 1.165) is 24.0 Å². The van der Waals surface area contributed by atoms with E-state index >= 15 is 0 Å². The van der Waals surface area contributed by atoms with Gasteiger partial charge in [0, 0.05) is 35.3 Å². The summed E-state index contributed by atoms with van der Waals surface area (Å²) in [6.07, 6.45) is 2.23. The first kappa shape index (κ1) is 29.9. The average molecular weight is 618 g/mol. The van der Waals surface area contributed by atoms with Gasteiger partial charge in [0.2, 0.25) is 5.91 Å². The number of fused-ring (bicyclic) bond motifs is 1. The third-order valence-electron chi connectivity index (χ3n) is 7.41. The second kappa shape index (κ2) is 11.6. The minimum absolute atomic E-state index is 0.143. The number of H-pyrrole nitrogens is 1. The Labute approximate surface area is 247 Å². The van der Waals surface area contributed by atoms with Crippen molar-refractivity contribution in [3.63, 3.8) is 0 Å². The van der Waals surface area contributed by atoms with Gasteiger partial charge in [0.05, 0.1) is 29.8 Å². The summed E-state index contributed by atoms with van der Waals surface area (Å²) in [6, 6.07) is 3.94. The number of nitrogens with zero attached hydrogens (tertiary/aromatic N) is 6. The Morgan fingerprint density at radius 3 is 2.70 bits per heavy atom. The largest absolute Gasteiger partial charge is 0.476 e. The lowest BCUT2D eigenvalue weighted by Crippen LogP contribution is -2.35. The number of alkyl halides is 3. The molecule has 0 unspecified atom stereocenters. The Balaban J connectivity index is 1.47. The Bertz CT molecular complexity index is 1710. The number of nitrogens with one attached hydrogen (secondary N) is 1. The Morgan fingerprint density at radius 2 is 2.05 bits per heavy atom. The zero-order valence-corrected chi connectivity index (χ0v) is 23.3. The van der Waals surface area contributed by atoms with Gasteiger partial charge in [0.25, 0.3) is 0 Å². The number of carbonyl (C=O) groups excluding carboxylic acids is 1. The van der Waals surface area contributed by atoms with Crippen molar-refractivity contribution in [2.24, 2.45) is 4.99 Å². The number of aromatic amines is 1. The summed E-state index contributed by atoms with van der Waals surface area (Å²) in [5, 5.41) is 16.5. The monoisotopic (exact) mass is 617 g/mol. The van der Waals surface area contributed by atoms with E-state index in [-0.39, 0.29) is 28.9 Å². The van der Waals surface area contributed by atoms with Crippen molar-refractivity contribution in [2.45, 2.75) is 43.9 Å². The van der Waals surface area contributed by atoms with Crippen LogP contribution in [-0.4, -0.2) is 65.6 Å². The fraction of sp³-hybridized carbons (Fsp3) is 0.286. The first-order chi connectivity index (χ1) is 20.4. The molecule has 1 fully saturated rings. The molecule has 2 aromatic heterocycles. The number of benzene rings is 1. The highest BCUT2D eigenvalue weighted by atomic mass is 35.5. The first-order valence-corrected chi connectivity index (χ1v) is 13.4. The molecule has 43 heavy (non-hydrogen) atoms. The molecule has 5 rings (SSSR count). The maximum absolute atomic E-state index is 15.0. The molecule has 4 heterocycles. The van der Waals surface area contributed by atoms with Gasteiger partial charge >= 0.3 is 12.1 Å². The van der Waals surface area contributed by atoms with Crippen molar-refractivity contribution in [2.75, 3.05) is 7.05 Å². The van der Waals surface area contributed by atoms with E-state index < -0.39 is 35.4 Å². The zero-order valence-electron chi connectivity index (χ0n) is 22.6. The van der Waals surface area contributed by atoms with Crippen LogP contribution < -0.4 is 0 Å². The predicted molar refractivity (Wildman–Crippen MR) is 149 cm³/mol. The van der Waals surface area contributed by atoms with Crippen LogP contribution in [-0.2, 0) is 15.8 Å². The number of carboxylic acids is 1. The number of amides is 1.